The van der Waals surface area contributed by atoms with Gasteiger partial charge < -0.3 is 5.32 Å². The summed E-state index contributed by atoms with van der Waals surface area (Å²) in [5, 5.41) is 3.16. The fraction of sp³-hybridized carbons (Fsp3) is 1.00. The lowest BCUT2D eigenvalue weighted by Gasteiger charge is -2.31. The normalized spacial score (nSPS) is 30.6. The molecular formula is C12H25N3O2S. The van der Waals surface area contributed by atoms with Crippen molar-refractivity contribution in [3.63, 3.8) is 0 Å². The highest BCUT2D eigenvalue weighted by atomic mass is 32.2. The van der Waals surface area contributed by atoms with E-state index in [0.717, 1.165) is 25.8 Å². The van der Waals surface area contributed by atoms with Gasteiger partial charge in [0.2, 0.25) is 0 Å². The van der Waals surface area contributed by atoms with E-state index in [1.165, 1.54) is 0 Å². The second-order valence-corrected chi connectivity index (χ2v) is 7.48. The van der Waals surface area contributed by atoms with Crippen molar-refractivity contribution in [1.29, 1.82) is 0 Å². The average molecular weight is 275 g/mol. The van der Waals surface area contributed by atoms with Gasteiger partial charge >= 0.3 is 0 Å². The zero-order valence-corrected chi connectivity index (χ0v) is 12.2. The van der Waals surface area contributed by atoms with E-state index in [2.05, 4.69) is 17.0 Å². The third-order valence-electron chi connectivity index (χ3n) is 4.21. The Bertz CT molecular complexity index is 364. The van der Waals surface area contributed by atoms with E-state index in [9.17, 15) is 8.42 Å². The third-order valence-corrected chi connectivity index (χ3v) is 5.79. The first-order valence-corrected chi connectivity index (χ1v) is 8.36. The van der Waals surface area contributed by atoms with Crippen molar-refractivity contribution in [3.05, 3.63) is 0 Å². The Kier molecular flexibility index (Phi) is 4.64. The van der Waals surface area contributed by atoms with Crippen LogP contribution in [0.15, 0.2) is 0 Å². The summed E-state index contributed by atoms with van der Waals surface area (Å²) in [4.78, 5) is 0. The van der Waals surface area contributed by atoms with Crippen LogP contribution in [0.5, 0.6) is 0 Å². The van der Waals surface area contributed by atoms with E-state index >= 15 is 0 Å². The molecule has 0 amide bonds. The SMILES string of the molecule is CNCC1CCN(S(=O)(=O)NCC2CC2C)CC1. The minimum absolute atomic E-state index is 0.557. The van der Waals surface area contributed by atoms with Crippen molar-refractivity contribution in [1.82, 2.24) is 14.3 Å². The molecule has 6 heteroatoms. The number of hydrogen-bond acceptors (Lipinski definition) is 3. The smallest absolute Gasteiger partial charge is 0.279 e. The van der Waals surface area contributed by atoms with E-state index in [0.29, 0.717) is 37.4 Å². The topological polar surface area (TPSA) is 61.4 Å². The Morgan fingerprint density at radius 2 is 1.83 bits per heavy atom. The summed E-state index contributed by atoms with van der Waals surface area (Å²) in [6.45, 7) is 5.08. The van der Waals surface area contributed by atoms with Crippen molar-refractivity contribution in [3.8, 4) is 0 Å². The van der Waals surface area contributed by atoms with Gasteiger partial charge in [0.05, 0.1) is 0 Å². The van der Waals surface area contributed by atoms with Gasteiger partial charge in [-0.1, -0.05) is 6.92 Å². The summed E-state index contributed by atoms with van der Waals surface area (Å²) in [5.74, 6) is 1.86. The Morgan fingerprint density at radius 1 is 1.22 bits per heavy atom. The van der Waals surface area contributed by atoms with E-state index in [1.54, 1.807) is 4.31 Å². The molecule has 2 fully saturated rings. The molecular weight excluding hydrogens is 250 g/mol. The Labute approximate surface area is 110 Å². The van der Waals surface area contributed by atoms with Crippen LogP contribution in [-0.2, 0) is 10.2 Å². The standard InChI is InChI=1S/C12H25N3O2S/c1-10-7-12(10)9-14-18(16,17)15-5-3-11(4-6-15)8-13-2/h10-14H,3-9H2,1-2H3. The second kappa shape index (κ2) is 5.86. The van der Waals surface area contributed by atoms with Crippen molar-refractivity contribution < 1.29 is 8.42 Å². The molecule has 1 saturated heterocycles. The third kappa shape index (κ3) is 3.66. The Morgan fingerprint density at radius 3 is 2.33 bits per heavy atom. The predicted octanol–water partition coefficient (Wildman–Crippen LogP) is 0.408. The summed E-state index contributed by atoms with van der Waals surface area (Å²) >= 11 is 0. The van der Waals surface area contributed by atoms with Gasteiger partial charge in [-0.05, 0) is 50.6 Å². The molecule has 1 aliphatic carbocycles. The van der Waals surface area contributed by atoms with E-state index in [4.69, 9.17) is 0 Å². The monoisotopic (exact) mass is 275 g/mol. The van der Waals surface area contributed by atoms with E-state index in [-0.39, 0.29) is 0 Å². The molecule has 2 rings (SSSR count). The molecule has 0 aromatic heterocycles. The van der Waals surface area contributed by atoms with E-state index in [1.807, 2.05) is 7.05 Å². The zero-order valence-electron chi connectivity index (χ0n) is 11.4. The number of hydrogen-bond donors (Lipinski definition) is 2. The molecule has 0 spiro atoms. The van der Waals surface area contributed by atoms with Crippen LogP contribution in [0.1, 0.15) is 26.2 Å². The Balaban J connectivity index is 1.76. The molecule has 2 aliphatic rings. The molecule has 1 heterocycles. The molecule has 1 saturated carbocycles. The maximum Gasteiger partial charge on any atom is 0.279 e. The minimum atomic E-state index is -3.24. The van der Waals surface area contributed by atoms with Crippen LogP contribution in [0.25, 0.3) is 0 Å². The first-order valence-electron chi connectivity index (χ1n) is 6.92. The summed E-state index contributed by atoms with van der Waals surface area (Å²) in [7, 11) is -1.29. The average Bonchev–Trinajstić information content (AvgIpc) is 3.04. The highest BCUT2D eigenvalue weighted by molar-refractivity contribution is 7.87. The first-order chi connectivity index (χ1) is 8.53. The molecule has 0 bridgehead atoms. The van der Waals surface area contributed by atoms with Crippen molar-refractivity contribution in [2.45, 2.75) is 26.2 Å². The predicted molar refractivity (Wildman–Crippen MR) is 72.4 cm³/mol. The fourth-order valence-corrected chi connectivity index (χ4v) is 3.93. The van der Waals surface area contributed by atoms with Crippen LogP contribution in [0.2, 0.25) is 0 Å². The van der Waals surface area contributed by atoms with Crippen LogP contribution in [0.3, 0.4) is 0 Å². The van der Waals surface area contributed by atoms with Gasteiger partial charge in [0.1, 0.15) is 0 Å². The summed E-state index contributed by atoms with van der Waals surface area (Å²) in [6.07, 6.45) is 3.08. The van der Waals surface area contributed by atoms with Gasteiger partial charge in [0.25, 0.3) is 10.2 Å². The largest absolute Gasteiger partial charge is 0.319 e. The zero-order chi connectivity index (χ0) is 13.2. The fourth-order valence-electron chi connectivity index (χ4n) is 2.63. The first kappa shape index (κ1) is 14.2. The lowest BCUT2D eigenvalue weighted by Crippen LogP contribution is -2.46. The lowest BCUT2D eigenvalue weighted by atomic mass is 9.98. The van der Waals surface area contributed by atoms with Crippen molar-refractivity contribution in [2.75, 3.05) is 33.2 Å². The van der Waals surface area contributed by atoms with Crippen LogP contribution in [-0.4, -0.2) is 45.9 Å². The molecule has 2 unspecified atom stereocenters. The van der Waals surface area contributed by atoms with Gasteiger partial charge in [-0.2, -0.15) is 12.7 Å². The summed E-state index contributed by atoms with van der Waals surface area (Å²) in [5.41, 5.74) is 0. The number of rotatable bonds is 6. The molecule has 18 heavy (non-hydrogen) atoms. The lowest BCUT2D eigenvalue weighted by molar-refractivity contribution is 0.268. The maximum atomic E-state index is 12.1. The summed E-state index contributed by atoms with van der Waals surface area (Å²) < 4.78 is 28.5. The van der Waals surface area contributed by atoms with Crippen molar-refractivity contribution >= 4 is 10.2 Å². The van der Waals surface area contributed by atoms with Crippen LogP contribution >= 0.6 is 0 Å². The van der Waals surface area contributed by atoms with Crippen LogP contribution in [0, 0.1) is 17.8 Å². The molecule has 0 aromatic rings. The Hall–Kier alpha value is -0.170. The molecule has 0 radical (unpaired) electrons. The molecule has 106 valence electrons. The second-order valence-electron chi connectivity index (χ2n) is 5.73. The quantitative estimate of drug-likeness (QED) is 0.738. The van der Waals surface area contributed by atoms with Gasteiger partial charge in [0.15, 0.2) is 0 Å². The van der Waals surface area contributed by atoms with Crippen molar-refractivity contribution in [2.24, 2.45) is 17.8 Å². The molecule has 2 N–H and O–H groups in total. The van der Waals surface area contributed by atoms with Gasteiger partial charge in [-0.25, -0.2) is 4.72 Å². The maximum absolute atomic E-state index is 12.1. The molecule has 2 atom stereocenters. The van der Waals surface area contributed by atoms with Gasteiger partial charge in [0, 0.05) is 19.6 Å². The highest BCUT2D eigenvalue weighted by Gasteiger charge is 2.34. The number of nitrogens with one attached hydrogen (secondary N) is 2. The molecule has 1 aliphatic heterocycles. The van der Waals surface area contributed by atoms with E-state index < -0.39 is 10.2 Å². The minimum Gasteiger partial charge on any atom is -0.319 e. The van der Waals surface area contributed by atoms with Gasteiger partial charge in [-0.15, -0.1) is 0 Å². The molecule has 0 aromatic carbocycles. The van der Waals surface area contributed by atoms with Crippen LogP contribution in [0.4, 0.5) is 0 Å². The van der Waals surface area contributed by atoms with Crippen LogP contribution < -0.4 is 10.0 Å². The highest BCUT2D eigenvalue weighted by Crippen LogP contribution is 2.37. The van der Waals surface area contributed by atoms with Gasteiger partial charge in [-0.3, -0.25) is 0 Å². The number of nitrogens with zero attached hydrogens (tertiary/aromatic N) is 1. The molecule has 5 nitrogen and oxygen atoms in total. The number of piperidine rings is 1. The summed E-state index contributed by atoms with van der Waals surface area (Å²) in [6, 6.07) is 0.